The van der Waals surface area contributed by atoms with Crippen LogP contribution in [0, 0.1) is 38.7 Å². The molecular formula is C24H19N5O7S. The maximum absolute atomic E-state index is 13.1. The third-order valence-corrected chi connectivity index (χ3v) is 8.04. The molecule has 0 bridgehead atoms. The fraction of sp³-hybridized carbons (Fsp3) is 0.250. The fourth-order valence-electron chi connectivity index (χ4n) is 4.35. The molecule has 1 saturated heterocycles. The molecule has 2 aromatic carbocycles. The molecule has 13 heteroatoms. The summed E-state index contributed by atoms with van der Waals surface area (Å²) in [6, 6.07) is 14.8. The van der Waals surface area contributed by atoms with Gasteiger partial charge in [-0.1, -0.05) is 30.3 Å². The van der Waals surface area contributed by atoms with Gasteiger partial charge in [-0.2, -0.15) is 14.8 Å². The molecule has 2 aliphatic rings. The van der Waals surface area contributed by atoms with Crippen LogP contribution in [0.25, 0.3) is 5.57 Å². The highest BCUT2D eigenvalue weighted by Crippen LogP contribution is 2.38. The molecule has 0 N–H and O–H groups in total. The van der Waals surface area contributed by atoms with Gasteiger partial charge in [-0.05, 0) is 25.0 Å². The van der Waals surface area contributed by atoms with Gasteiger partial charge in [0.15, 0.2) is 11.6 Å². The number of piperidine rings is 1. The number of amides is 1. The minimum absolute atomic E-state index is 0.0788. The van der Waals surface area contributed by atoms with Gasteiger partial charge in [-0.15, -0.1) is 0 Å². The van der Waals surface area contributed by atoms with E-state index in [1.54, 1.807) is 36.4 Å². The molecule has 1 unspecified atom stereocenters. The Morgan fingerprint density at radius 2 is 1.81 bits per heavy atom. The van der Waals surface area contributed by atoms with E-state index in [1.807, 2.05) is 0 Å². The quantitative estimate of drug-likeness (QED) is 0.182. The van der Waals surface area contributed by atoms with Crippen molar-refractivity contribution in [3.63, 3.8) is 0 Å². The molecule has 0 saturated carbocycles. The molecular weight excluding hydrogens is 502 g/mol. The minimum Gasteiger partial charge on any atom is -0.444 e. The number of nitro benzene ring substituents is 1. The second-order valence-corrected chi connectivity index (χ2v) is 10.1. The zero-order valence-corrected chi connectivity index (χ0v) is 20.1. The largest absolute Gasteiger partial charge is 0.444 e. The van der Waals surface area contributed by atoms with Crippen LogP contribution < -0.4 is 4.90 Å². The smallest absolute Gasteiger partial charge is 0.312 e. The Labute approximate surface area is 211 Å². The Balaban J connectivity index is 1.50. The molecule has 2 aliphatic heterocycles. The number of hydrogen-bond donors (Lipinski definition) is 0. The van der Waals surface area contributed by atoms with Crippen molar-refractivity contribution in [2.24, 2.45) is 5.92 Å². The van der Waals surface area contributed by atoms with Gasteiger partial charge < -0.3 is 4.74 Å². The van der Waals surface area contributed by atoms with Gasteiger partial charge in [0, 0.05) is 24.7 Å². The lowest BCUT2D eigenvalue weighted by Crippen LogP contribution is -2.43. The van der Waals surface area contributed by atoms with Crippen molar-refractivity contribution in [1.29, 1.82) is 10.5 Å². The van der Waals surface area contributed by atoms with Crippen molar-refractivity contribution in [2.45, 2.75) is 17.7 Å². The lowest BCUT2D eigenvalue weighted by atomic mass is 10.0. The molecule has 1 amide bonds. The van der Waals surface area contributed by atoms with Crippen LogP contribution in [0.15, 0.2) is 59.0 Å². The summed E-state index contributed by atoms with van der Waals surface area (Å²) in [4.78, 5) is 37.1. The molecule has 37 heavy (non-hydrogen) atoms. The Morgan fingerprint density at radius 1 is 1.14 bits per heavy atom. The second kappa shape index (κ2) is 10.2. The van der Waals surface area contributed by atoms with Crippen LogP contribution in [0.3, 0.4) is 0 Å². The number of nitro groups is 1. The van der Waals surface area contributed by atoms with Gasteiger partial charge in [-0.3, -0.25) is 24.6 Å². The van der Waals surface area contributed by atoms with Crippen LogP contribution in [0.2, 0.25) is 0 Å². The molecule has 0 aromatic heterocycles. The summed E-state index contributed by atoms with van der Waals surface area (Å²) < 4.78 is 32.7. The molecule has 188 valence electrons. The van der Waals surface area contributed by atoms with E-state index >= 15 is 0 Å². The first kappa shape index (κ1) is 25.5. The minimum atomic E-state index is -4.25. The van der Waals surface area contributed by atoms with Crippen LogP contribution in [-0.4, -0.2) is 49.3 Å². The van der Waals surface area contributed by atoms with Gasteiger partial charge in [-0.25, -0.2) is 8.42 Å². The Kier molecular flexibility index (Phi) is 7.02. The van der Waals surface area contributed by atoms with E-state index < -0.39 is 50.1 Å². The monoisotopic (exact) mass is 521 g/mol. The number of carbonyl (C=O) groups excluding carboxylic acids is 2. The summed E-state index contributed by atoms with van der Waals surface area (Å²) in [5.74, 6) is -2.27. The van der Waals surface area contributed by atoms with Crippen LogP contribution in [-0.2, 0) is 24.3 Å². The molecule has 4 rings (SSSR count). The molecule has 1 fully saturated rings. The lowest BCUT2D eigenvalue weighted by molar-refractivity contribution is -0.387. The number of carbonyl (C=O) groups is 2. The lowest BCUT2D eigenvalue weighted by Gasteiger charge is -2.31. The molecule has 0 aliphatic carbocycles. The summed E-state index contributed by atoms with van der Waals surface area (Å²) in [6.45, 7) is -0.666. The van der Waals surface area contributed by atoms with Crippen molar-refractivity contribution in [1.82, 2.24) is 4.31 Å². The predicted molar refractivity (Wildman–Crippen MR) is 128 cm³/mol. The van der Waals surface area contributed by atoms with Crippen LogP contribution in [0.4, 0.5) is 11.4 Å². The highest BCUT2D eigenvalue weighted by molar-refractivity contribution is 7.89. The third-order valence-electron chi connectivity index (χ3n) is 6.13. The summed E-state index contributed by atoms with van der Waals surface area (Å²) in [5.41, 5.74) is -0.287. The number of nitrogens with zero attached hydrogens (tertiary/aromatic N) is 5. The average molecular weight is 522 g/mol. The maximum atomic E-state index is 13.1. The highest BCUT2D eigenvalue weighted by atomic mass is 32.2. The van der Waals surface area contributed by atoms with E-state index in [9.17, 15) is 38.6 Å². The first-order valence-electron chi connectivity index (χ1n) is 11.1. The summed E-state index contributed by atoms with van der Waals surface area (Å²) in [6.07, 6.45) is 0.649. The molecule has 0 radical (unpaired) electrons. The van der Waals surface area contributed by atoms with Crippen LogP contribution in [0.1, 0.15) is 18.4 Å². The maximum Gasteiger partial charge on any atom is 0.312 e. The van der Waals surface area contributed by atoms with E-state index in [4.69, 9.17) is 4.74 Å². The van der Waals surface area contributed by atoms with Crippen molar-refractivity contribution in [3.8, 4) is 12.1 Å². The zero-order chi connectivity index (χ0) is 26.7. The number of nitriles is 2. The number of fused-ring (bicyclic) bond motifs is 1. The van der Waals surface area contributed by atoms with E-state index in [0.29, 0.717) is 24.1 Å². The van der Waals surface area contributed by atoms with Gasteiger partial charge in [0.05, 0.1) is 22.1 Å². The number of sulfonamides is 1. The highest BCUT2D eigenvalue weighted by Gasteiger charge is 2.39. The zero-order valence-electron chi connectivity index (χ0n) is 19.2. The number of esters is 1. The number of para-hydroxylation sites is 2. The topological polar surface area (TPSA) is 175 Å². The van der Waals surface area contributed by atoms with Gasteiger partial charge >= 0.3 is 5.97 Å². The summed E-state index contributed by atoms with van der Waals surface area (Å²) >= 11 is 0. The standard InChI is InChI=1S/C24H19N5O7S/c25-12-17(13-26)22-18-7-1-2-8-19(18)28(23(22)30)15-36-24(31)16-6-5-11-27(14-16)37(34,35)21-10-4-3-9-20(21)29(32)33/h1-4,7-10,16H,5-6,11,14-15H2. The molecule has 12 nitrogen and oxygen atoms in total. The van der Waals surface area contributed by atoms with Gasteiger partial charge in [0.25, 0.3) is 11.6 Å². The van der Waals surface area contributed by atoms with Crippen LogP contribution in [0.5, 0.6) is 0 Å². The first-order chi connectivity index (χ1) is 17.7. The van der Waals surface area contributed by atoms with E-state index in [2.05, 4.69) is 0 Å². The van der Waals surface area contributed by atoms with Crippen LogP contribution >= 0.6 is 0 Å². The third kappa shape index (κ3) is 4.65. The van der Waals surface area contributed by atoms with E-state index in [-0.39, 0.29) is 24.2 Å². The molecule has 2 aromatic rings. The Morgan fingerprint density at radius 3 is 2.51 bits per heavy atom. The molecule has 2 heterocycles. The normalized spacial score (nSPS) is 17.5. The van der Waals surface area contributed by atoms with E-state index in [1.165, 1.54) is 12.1 Å². The first-order valence-corrected chi connectivity index (χ1v) is 12.5. The number of anilines is 1. The summed E-state index contributed by atoms with van der Waals surface area (Å²) in [7, 11) is -4.25. The average Bonchev–Trinajstić information content (AvgIpc) is 3.19. The van der Waals surface area contributed by atoms with Crippen molar-refractivity contribution >= 4 is 38.8 Å². The molecule has 1 atom stereocenters. The number of ether oxygens (including phenoxy) is 1. The number of allylic oxidation sites excluding steroid dienone is 1. The summed E-state index contributed by atoms with van der Waals surface area (Å²) in [5, 5.41) is 29.8. The fourth-order valence-corrected chi connectivity index (χ4v) is 6.03. The van der Waals surface area contributed by atoms with Crippen molar-refractivity contribution in [3.05, 3.63) is 69.8 Å². The number of hydrogen-bond acceptors (Lipinski definition) is 9. The second-order valence-electron chi connectivity index (χ2n) is 8.24. The Hall–Kier alpha value is -4.59. The van der Waals surface area contributed by atoms with Crippen molar-refractivity contribution < 1.29 is 27.7 Å². The van der Waals surface area contributed by atoms with Gasteiger partial charge in [0.2, 0.25) is 10.0 Å². The van der Waals surface area contributed by atoms with E-state index in [0.717, 1.165) is 21.3 Å². The Bertz CT molecular complexity index is 1500. The number of rotatable bonds is 6. The molecule has 0 spiro atoms. The van der Waals surface area contributed by atoms with Gasteiger partial charge in [0.1, 0.15) is 17.7 Å². The predicted octanol–water partition coefficient (Wildman–Crippen LogP) is 2.34. The van der Waals surface area contributed by atoms with Crippen molar-refractivity contribution in [2.75, 3.05) is 24.7 Å². The SMILES string of the molecule is N#CC(C#N)=C1C(=O)N(COC(=O)C2CCCN(S(=O)(=O)c3ccccc3[N+](=O)[O-])C2)c2ccccc21. The number of benzene rings is 2.